The largest absolute Gasteiger partial charge is 0.282 e. The minimum Gasteiger partial charge on any atom is -0.282 e. The van der Waals surface area contributed by atoms with Crippen molar-refractivity contribution in [3.05, 3.63) is 246 Å². The normalized spacial score (nSPS) is 13.0. The van der Waals surface area contributed by atoms with E-state index in [-0.39, 0.29) is 11.3 Å². The van der Waals surface area contributed by atoms with E-state index in [1.165, 1.54) is 49.9 Å². The minimum absolute atomic E-state index is 0.0553. The maximum Gasteiger partial charge on any atom is 0.152 e. The number of nitrogens with one attached hydrogen (secondary N) is 1. The molecule has 1 aliphatic rings. The lowest BCUT2D eigenvalue weighted by atomic mass is 9.81. The zero-order valence-corrected chi connectivity index (χ0v) is 34.3. The van der Waals surface area contributed by atoms with E-state index in [0.29, 0.717) is 5.71 Å². The number of benzene rings is 9. The predicted octanol–water partition coefficient (Wildman–Crippen LogP) is 15.3. The Bertz CT molecular complexity index is 3150. The van der Waals surface area contributed by atoms with E-state index in [9.17, 15) is 0 Å². The van der Waals surface area contributed by atoms with Crippen LogP contribution in [0.3, 0.4) is 0 Å². The van der Waals surface area contributed by atoms with Gasteiger partial charge in [-0.3, -0.25) is 5.41 Å². The number of rotatable bonds is 8. The van der Waals surface area contributed by atoms with Crippen LogP contribution >= 0.6 is 0 Å². The molecule has 61 heavy (non-hydrogen) atoms. The molecule has 0 spiro atoms. The first-order chi connectivity index (χ1) is 29.9. The van der Waals surface area contributed by atoms with E-state index in [2.05, 4.69) is 196 Å². The van der Waals surface area contributed by atoms with Gasteiger partial charge < -0.3 is 0 Å². The maximum atomic E-state index is 9.14. The molecule has 2 heteroatoms. The Morgan fingerprint density at radius 3 is 1.79 bits per heavy atom. The van der Waals surface area contributed by atoms with Crippen molar-refractivity contribution in [3.63, 3.8) is 0 Å². The summed E-state index contributed by atoms with van der Waals surface area (Å²) in [4.78, 5) is 5.06. The molecule has 0 radical (unpaired) electrons. The van der Waals surface area contributed by atoms with Crippen LogP contribution in [0.5, 0.6) is 0 Å². The molecule has 0 bridgehead atoms. The average molecular weight is 781 g/mol. The van der Waals surface area contributed by atoms with Crippen LogP contribution in [0.2, 0.25) is 0 Å². The number of nitrogens with zero attached hydrogens (tertiary/aromatic N) is 1. The van der Waals surface area contributed by atoms with Crippen LogP contribution in [0, 0.1) is 5.41 Å². The Morgan fingerprint density at radius 1 is 0.426 bits per heavy atom. The summed E-state index contributed by atoms with van der Waals surface area (Å²) >= 11 is 0. The van der Waals surface area contributed by atoms with Crippen LogP contribution in [0.4, 0.5) is 0 Å². The van der Waals surface area contributed by atoms with Crippen LogP contribution < -0.4 is 0 Å². The van der Waals surface area contributed by atoms with Crippen LogP contribution in [-0.2, 0) is 5.41 Å². The lowest BCUT2D eigenvalue weighted by Crippen LogP contribution is -2.14. The fraction of sp³-hybridized carbons (Fsp3) is 0.0508. The number of allylic oxidation sites excluding steroid dienone is 1. The van der Waals surface area contributed by atoms with Crippen molar-refractivity contribution in [2.45, 2.75) is 19.3 Å². The smallest absolute Gasteiger partial charge is 0.152 e. The van der Waals surface area contributed by atoms with Crippen LogP contribution in [0.15, 0.2) is 223 Å². The molecule has 9 aromatic rings. The highest BCUT2D eigenvalue weighted by molar-refractivity contribution is 6.20. The molecule has 0 unspecified atom stereocenters. The number of amidine groups is 1. The minimum atomic E-state index is -0.0553. The molecular formula is C59H44N2. The van der Waals surface area contributed by atoms with E-state index in [0.717, 1.165) is 44.3 Å². The summed E-state index contributed by atoms with van der Waals surface area (Å²) in [6, 6.07) is 75.1. The second kappa shape index (κ2) is 15.8. The van der Waals surface area contributed by atoms with E-state index in [1.807, 2.05) is 42.5 Å². The number of aliphatic imine (C=N–C) groups is 1. The predicted molar refractivity (Wildman–Crippen MR) is 259 cm³/mol. The van der Waals surface area contributed by atoms with Gasteiger partial charge in [0.25, 0.3) is 0 Å². The molecule has 0 amide bonds. The molecule has 0 heterocycles. The Kier molecular flexibility index (Phi) is 9.75. The molecule has 9 aromatic carbocycles. The quantitative estimate of drug-likeness (QED) is 0.118. The third kappa shape index (κ3) is 7.13. The molecule has 0 aliphatic heterocycles. The molecule has 0 saturated heterocycles. The number of hydrogen-bond donors (Lipinski definition) is 1. The highest BCUT2D eigenvalue weighted by atomic mass is 14.8. The Hall–Kier alpha value is -7.68. The molecule has 10 rings (SSSR count). The van der Waals surface area contributed by atoms with Gasteiger partial charge in [-0.25, -0.2) is 4.99 Å². The molecule has 290 valence electrons. The average Bonchev–Trinajstić information content (AvgIpc) is 3.56. The van der Waals surface area contributed by atoms with E-state index < -0.39 is 0 Å². The van der Waals surface area contributed by atoms with Gasteiger partial charge in [0.15, 0.2) is 5.84 Å². The van der Waals surface area contributed by atoms with Crippen molar-refractivity contribution >= 4 is 28.4 Å². The van der Waals surface area contributed by atoms with Gasteiger partial charge in [0, 0.05) is 16.5 Å². The lowest BCUT2D eigenvalue weighted by Gasteiger charge is -2.22. The van der Waals surface area contributed by atoms with Gasteiger partial charge in [0.1, 0.15) is 0 Å². The van der Waals surface area contributed by atoms with Crippen molar-refractivity contribution < 1.29 is 0 Å². The molecule has 0 aromatic heterocycles. The zero-order valence-electron chi connectivity index (χ0n) is 34.3. The summed E-state index contributed by atoms with van der Waals surface area (Å²) < 4.78 is 0. The summed E-state index contributed by atoms with van der Waals surface area (Å²) in [7, 11) is 0. The third-order valence-electron chi connectivity index (χ3n) is 12.2. The topological polar surface area (TPSA) is 36.2 Å². The Labute approximate surface area is 358 Å². The van der Waals surface area contributed by atoms with E-state index >= 15 is 0 Å². The Morgan fingerprint density at radius 2 is 1.00 bits per heavy atom. The highest BCUT2D eigenvalue weighted by Crippen LogP contribution is 2.49. The summed E-state index contributed by atoms with van der Waals surface area (Å²) in [6.07, 6.45) is 4.24. The van der Waals surface area contributed by atoms with Gasteiger partial charge in [-0.15, -0.1) is 0 Å². The summed E-state index contributed by atoms with van der Waals surface area (Å²) in [5.41, 5.74) is 18.1. The van der Waals surface area contributed by atoms with Gasteiger partial charge in [-0.05, 0) is 107 Å². The molecule has 0 fully saturated rings. The fourth-order valence-corrected chi connectivity index (χ4v) is 9.04. The second-order valence-corrected chi connectivity index (χ2v) is 16.3. The van der Waals surface area contributed by atoms with Crippen LogP contribution in [0.1, 0.15) is 41.7 Å². The first-order valence-corrected chi connectivity index (χ1v) is 21.0. The molecule has 0 saturated carbocycles. The van der Waals surface area contributed by atoms with Crippen molar-refractivity contribution in [1.29, 1.82) is 5.41 Å². The molecular weight excluding hydrogens is 737 g/mol. The van der Waals surface area contributed by atoms with Gasteiger partial charge >= 0.3 is 0 Å². The van der Waals surface area contributed by atoms with Crippen LogP contribution in [-0.4, -0.2) is 11.5 Å². The van der Waals surface area contributed by atoms with Crippen molar-refractivity contribution in [1.82, 2.24) is 0 Å². The van der Waals surface area contributed by atoms with Crippen molar-refractivity contribution in [2.24, 2.45) is 4.99 Å². The number of hydrogen-bond acceptors (Lipinski definition) is 1. The summed E-state index contributed by atoms with van der Waals surface area (Å²) in [5.74, 6) is 0.211. The fourth-order valence-electron chi connectivity index (χ4n) is 9.04. The second-order valence-electron chi connectivity index (χ2n) is 16.3. The monoisotopic (exact) mass is 780 g/mol. The SMILES string of the molecule is CC1(C)c2ccccc2-c2ccc(-c3cccc(-c4ccc(/C=C/C(=NC(=N)c5ccccc5)c5ccc(-c6ccccc6)cc5-c5ccccc5)c5ccccc45)c3)cc21. The van der Waals surface area contributed by atoms with E-state index in [1.54, 1.807) is 0 Å². The van der Waals surface area contributed by atoms with Gasteiger partial charge in [0.2, 0.25) is 0 Å². The first kappa shape index (κ1) is 37.6. The summed E-state index contributed by atoms with van der Waals surface area (Å²) in [6.45, 7) is 4.68. The molecule has 1 N–H and O–H groups in total. The maximum absolute atomic E-state index is 9.14. The zero-order chi connectivity index (χ0) is 41.3. The lowest BCUT2D eigenvalue weighted by molar-refractivity contribution is 0.660. The number of fused-ring (bicyclic) bond motifs is 4. The first-order valence-electron chi connectivity index (χ1n) is 21.0. The van der Waals surface area contributed by atoms with Crippen molar-refractivity contribution in [3.8, 4) is 55.6 Å². The molecule has 2 nitrogen and oxygen atoms in total. The van der Waals surface area contributed by atoms with Gasteiger partial charge in [-0.2, -0.15) is 0 Å². The third-order valence-corrected chi connectivity index (χ3v) is 12.2. The van der Waals surface area contributed by atoms with Crippen LogP contribution in [0.25, 0.3) is 72.5 Å². The van der Waals surface area contributed by atoms with Gasteiger partial charge in [-0.1, -0.05) is 214 Å². The standard InChI is InChI=1S/C59H44N2/c1-59(2)55-28-15-14-27-51(55)52-34-30-46(39-56(52)59)44-23-16-24-47(37-44)49-33-29-42(48-25-12-13-26-50(48)49)32-36-57(61-58(60)43-21-10-5-11-22-43)53-35-31-45(40-17-6-3-7-18-40)38-54(53)41-19-8-4-9-20-41/h3-39,60H,1-2H3/b36-32+,60-58?,61-57?. The van der Waals surface area contributed by atoms with Gasteiger partial charge in [0.05, 0.1) is 5.71 Å². The van der Waals surface area contributed by atoms with E-state index in [4.69, 9.17) is 10.4 Å². The highest BCUT2D eigenvalue weighted by Gasteiger charge is 2.35. The summed E-state index contributed by atoms with van der Waals surface area (Å²) in [5, 5.41) is 11.5. The molecule has 0 atom stereocenters. The Balaban J connectivity index is 1.05. The van der Waals surface area contributed by atoms with Crippen molar-refractivity contribution in [2.75, 3.05) is 0 Å². The molecule has 1 aliphatic carbocycles.